The van der Waals surface area contributed by atoms with Crippen LogP contribution in [-0.2, 0) is 17.9 Å². The van der Waals surface area contributed by atoms with Gasteiger partial charge in [0, 0.05) is 35.8 Å². The molecule has 0 heterocycles. The Morgan fingerprint density at radius 3 is 2.62 bits per heavy atom. The minimum absolute atomic E-state index is 0.141. The fraction of sp³-hybridized carbons (Fsp3) is 0.174. The number of benzene rings is 3. The van der Waals surface area contributed by atoms with Crippen molar-refractivity contribution >= 4 is 28.9 Å². The lowest BCUT2D eigenvalue weighted by Crippen LogP contribution is -2.07. The van der Waals surface area contributed by atoms with Crippen LogP contribution in [0.2, 0.25) is 5.02 Å². The van der Waals surface area contributed by atoms with Crippen molar-refractivity contribution in [3.63, 3.8) is 0 Å². The van der Waals surface area contributed by atoms with Gasteiger partial charge < -0.3 is 20.1 Å². The molecule has 1 amide bonds. The molecule has 0 unspecified atom stereocenters. The van der Waals surface area contributed by atoms with E-state index in [1.54, 1.807) is 7.11 Å². The van der Waals surface area contributed by atoms with Crippen LogP contribution in [0.5, 0.6) is 11.5 Å². The second-order valence-electron chi connectivity index (χ2n) is 6.48. The van der Waals surface area contributed by atoms with Gasteiger partial charge in [-0.05, 0) is 35.9 Å². The Labute approximate surface area is 175 Å². The van der Waals surface area contributed by atoms with Crippen LogP contribution in [0, 0.1) is 0 Å². The maximum atomic E-state index is 11.3. The summed E-state index contributed by atoms with van der Waals surface area (Å²) in [5.74, 6) is 1.24. The van der Waals surface area contributed by atoms with Gasteiger partial charge in [0.1, 0.15) is 18.1 Å². The highest BCUT2D eigenvalue weighted by molar-refractivity contribution is 6.31. The predicted molar refractivity (Wildman–Crippen MR) is 117 cm³/mol. The van der Waals surface area contributed by atoms with Crippen molar-refractivity contribution < 1.29 is 14.3 Å². The fourth-order valence-electron chi connectivity index (χ4n) is 2.82. The number of ether oxygens (including phenoxy) is 2. The lowest BCUT2D eigenvalue weighted by molar-refractivity contribution is -0.114. The van der Waals surface area contributed by atoms with Gasteiger partial charge in [-0.2, -0.15) is 0 Å². The van der Waals surface area contributed by atoms with Gasteiger partial charge in [-0.3, -0.25) is 4.79 Å². The summed E-state index contributed by atoms with van der Waals surface area (Å²) in [5.41, 5.74) is 3.55. The molecule has 0 saturated carbocycles. The van der Waals surface area contributed by atoms with E-state index in [4.69, 9.17) is 21.1 Å². The minimum Gasteiger partial charge on any atom is -0.494 e. The molecule has 0 aliphatic carbocycles. The van der Waals surface area contributed by atoms with Crippen LogP contribution in [0.25, 0.3) is 0 Å². The molecule has 150 valence electrons. The standard InChI is InChI=1S/C23H23ClN2O3/c1-16(27)26-22-11-10-19(13-23(22)28-2)25-14-17-6-5-8-20(12-17)29-15-18-7-3-4-9-21(18)24/h3-13,25H,14-15H2,1-2H3,(H,26,27). The van der Waals surface area contributed by atoms with Gasteiger partial charge in [0.05, 0.1) is 12.8 Å². The third-order valence-electron chi connectivity index (χ3n) is 4.26. The Kier molecular flexibility index (Phi) is 6.98. The number of methoxy groups -OCH3 is 1. The summed E-state index contributed by atoms with van der Waals surface area (Å²) in [6.45, 7) is 2.50. The quantitative estimate of drug-likeness (QED) is 0.515. The van der Waals surface area contributed by atoms with Gasteiger partial charge in [0.2, 0.25) is 5.91 Å². The molecule has 6 heteroatoms. The van der Waals surface area contributed by atoms with Crippen LogP contribution in [0.15, 0.2) is 66.7 Å². The van der Waals surface area contributed by atoms with Crippen molar-refractivity contribution in [1.29, 1.82) is 0 Å². The van der Waals surface area contributed by atoms with Gasteiger partial charge in [0.15, 0.2) is 0 Å². The van der Waals surface area contributed by atoms with E-state index < -0.39 is 0 Å². The molecule has 0 spiro atoms. The van der Waals surface area contributed by atoms with Crippen molar-refractivity contribution in [2.75, 3.05) is 17.7 Å². The molecule has 0 saturated heterocycles. The smallest absolute Gasteiger partial charge is 0.221 e. The molecule has 0 bridgehead atoms. The number of carbonyl (C=O) groups excluding carboxylic acids is 1. The van der Waals surface area contributed by atoms with E-state index >= 15 is 0 Å². The van der Waals surface area contributed by atoms with Crippen molar-refractivity contribution in [2.24, 2.45) is 0 Å². The lowest BCUT2D eigenvalue weighted by atomic mass is 10.2. The molecule has 0 aromatic heterocycles. The molecule has 0 aliphatic heterocycles. The number of carbonyl (C=O) groups is 1. The Hall–Kier alpha value is -3.18. The number of hydrogen-bond acceptors (Lipinski definition) is 4. The van der Waals surface area contributed by atoms with Crippen molar-refractivity contribution in [1.82, 2.24) is 0 Å². The van der Waals surface area contributed by atoms with Gasteiger partial charge >= 0.3 is 0 Å². The number of rotatable bonds is 8. The topological polar surface area (TPSA) is 59.6 Å². The van der Waals surface area contributed by atoms with Gasteiger partial charge in [-0.25, -0.2) is 0 Å². The zero-order valence-electron chi connectivity index (χ0n) is 16.4. The van der Waals surface area contributed by atoms with E-state index in [0.717, 1.165) is 22.6 Å². The summed E-state index contributed by atoms with van der Waals surface area (Å²) in [7, 11) is 1.57. The number of anilines is 2. The average molecular weight is 411 g/mol. The first-order chi connectivity index (χ1) is 14.0. The maximum absolute atomic E-state index is 11.3. The summed E-state index contributed by atoms with van der Waals surface area (Å²) in [5, 5.41) is 6.80. The maximum Gasteiger partial charge on any atom is 0.221 e. The first kappa shape index (κ1) is 20.6. The third kappa shape index (κ3) is 5.90. The number of halogens is 1. The summed E-state index contributed by atoms with van der Waals surface area (Å²) in [6, 6.07) is 21.1. The van der Waals surface area contributed by atoms with E-state index in [2.05, 4.69) is 10.6 Å². The number of amides is 1. The third-order valence-corrected chi connectivity index (χ3v) is 4.63. The normalized spacial score (nSPS) is 10.3. The Bertz CT molecular complexity index is 991. The van der Waals surface area contributed by atoms with Crippen molar-refractivity contribution in [3.8, 4) is 11.5 Å². The van der Waals surface area contributed by atoms with Gasteiger partial charge in [-0.15, -0.1) is 0 Å². The molecule has 3 rings (SSSR count). The minimum atomic E-state index is -0.141. The van der Waals surface area contributed by atoms with Gasteiger partial charge in [0.25, 0.3) is 0 Å². The Balaban J connectivity index is 1.62. The highest BCUT2D eigenvalue weighted by Gasteiger charge is 2.06. The molecule has 29 heavy (non-hydrogen) atoms. The Morgan fingerprint density at radius 1 is 1.03 bits per heavy atom. The van der Waals surface area contributed by atoms with E-state index in [0.29, 0.717) is 29.6 Å². The first-order valence-corrected chi connectivity index (χ1v) is 9.57. The van der Waals surface area contributed by atoms with Crippen molar-refractivity contribution in [3.05, 3.63) is 82.9 Å². The summed E-state index contributed by atoms with van der Waals surface area (Å²) < 4.78 is 11.2. The molecule has 3 aromatic carbocycles. The van der Waals surface area contributed by atoms with E-state index in [9.17, 15) is 4.79 Å². The van der Waals surface area contributed by atoms with E-state index in [1.165, 1.54) is 6.92 Å². The predicted octanol–water partition coefficient (Wildman–Crippen LogP) is 5.50. The van der Waals surface area contributed by atoms with E-state index in [-0.39, 0.29) is 5.91 Å². The monoisotopic (exact) mass is 410 g/mol. The zero-order valence-corrected chi connectivity index (χ0v) is 17.1. The van der Waals surface area contributed by atoms with E-state index in [1.807, 2.05) is 66.7 Å². The number of nitrogens with one attached hydrogen (secondary N) is 2. The molecule has 0 aliphatic rings. The number of hydrogen-bond donors (Lipinski definition) is 2. The molecular weight excluding hydrogens is 388 g/mol. The average Bonchev–Trinajstić information content (AvgIpc) is 2.72. The largest absolute Gasteiger partial charge is 0.494 e. The van der Waals surface area contributed by atoms with Gasteiger partial charge in [-0.1, -0.05) is 41.9 Å². The summed E-state index contributed by atoms with van der Waals surface area (Å²) >= 11 is 6.18. The molecule has 0 atom stereocenters. The van der Waals surface area contributed by atoms with Crippen LogP contribution >= 0.6 is 11.6 Å². The fourth-order valence-corrected chi connectivity index (χ4v) is 3.01. The first-order valence-electron chi connectivity index (χ1n) is 9.20. The van der Waals surface area contributed by atoms with Crippen molar-refractivity contribution in [2.45, 2.75) is 20.1 Å². The van der Waals surface area contributed by atoms with Crippen LogP contribution < -0.4 is 20.1 Å². The molecule has 2 N–H and O–H groups in total. The highest BCUT2D eigenvalue weighted by Crippen LogP contribution is 2.28. The van der Waals surface area contributed by atoms with Crippen LogP contribution in [0.1, 0.15) is 18.1 Å². The molecule has 5 nitrogen and oxygen atoms in total. The second-order valence-corrected chi connectivity index (χ2v) is 6.88. The molecule has 0 fully saturated rings. The Morgan fingerprint density at radius 2 is 1.86 bits per heavy atom. The lowest BCUT2D eigenvalue weighted by Gasteiger charge is -2.13. The molecule has 3 aromatic rings. The summed E-state index contributed by atoms with van der Waals surface area (Å²) in [6.07, 6.45) is 0. The molecule has 0 radical (unpaired) electrons. The summed E-state index contributed by atoms with van der Waals surface area (Å²) in [4.78, 5) is 11.3. The SMILES string of the molecule is COc1cc(NCc2cccc(OCc3ccccc3Cl)c2)ccc1NC(C)=O. The highest BCUT2D eigenvalue weighted by atomic mass is 35.5. The van der Waals surface area contributed by atoms with Crippen LogP contribution in [0.4, 0.5) is 11.4 Å². The second kappa shape index (κ2) is 9.85. The zero-order chi connectivity index (χ0) is 20.6. The van der Waals surface area contributed by atoms with Crippen LogP contribution in [0.3, 0.4) is 0 Å². The van der Waals surface area contributed by atoms with Crippen LogP contribution in [-0.4, -0.2) is 13.0 Å². The molecular formula is C23H23ClN2O3.